The van der Waals surface area contributed by atoms with Crippen molar-refractivity contribution in [3.05, 3.63) is 47.0 Å². The summed E-state index contributed by atoms with van der Waals surface area (Å²) in [5, 5.41) is 3.34. The summed E-state index contributed by atoms with van der Waals surface area (Å²) in [5.41, 5.74) is 3.20. The highest BCUT2D eigenvalue weighted by molar-refractivity contribution is 5.85. The molecule has 3 nitrogen and oxygen atoms in total. The third kappa shape index (κ3) is 4.04. The summed E-state index contributed by atoms with van der Waals surface area (Å²) < 4.78 is 5.87. The molecule has 21 heavy (non-hydrogen) atoms. The third-order valence-electron chi connectivity index (χ3n) is 3.69. The van der Waals surface area contributed by atoms with E-state index in [1.807, 2.05) is 18.3 Å². The van der Waals surface area contributed by atoms with Crippen LogP contribution in [0, 0.1) is 18.8 Å². The Hall–Kier alpha value is -1.89. The molecule has 0 aromatic heterocycles. The van der Waals surface area contributed by atoms with E-state index < -0.39 is 0 Å². The van der Waals surface area contributed by atoms with Gasteiger partial charge in [0, 0.05) is 23.4 Å². The van der Waals surface area contributed by atoms with Crippen LogP contribution in [0.25, 0.3) is 0 Å². The van der Waals surface area contributed by atoms with E-state index in [4.69, 9.17) is 4.74 Å². The van der Waals surface area contributed by atoms with Crippen LogP contribution >= 0.6 is 0 Å². The number of hydrogen-bond acceptors (Lipinski definition) is 3. The van der Waals surface area contributed by atoms with Gasteiger partial charge in [0.15, 0.2) is 0 Å². The van der Waals surface area contributed by atoms with Gasteiger partial charge in [-0.25, -0.2) is 0 Å². The Kier molecular flexibility index (Phi) is 4.49. The number of aliphatic imine (C=N–C) groups is 1. The molecule has 1 N–H and O–H groups in total. The monoisotopic (exact) mass is 280 g/mol. The van der Waals surface area contributed by atoms with Gasteiger partial charge in [-0.2, -0.15) is 0 Å². The van der Waals surface area contributed by atoms with Crippen LogP contribution in [0.4, 0.5) is 0 Å². The van der Waals surface area contributed by atoms with E-state index in [1.165, 1.54) is 12.0 Å². The summed E-state index contributed by atoms with van der Waals surface area (Å²) >= 11 is 0. The zero-order valence-electron chi connectivity index (χ0n) is 12.3. The fourth-order valence-corrected chi connectivity index (χ4v) is 2.32. The lowest BCUT2D eigenvalue weighted by molar-refractivity contribution is 0.0570. The van der Waals surface area contributed by atoms with Crippen molar-refractivity contribution in [2.45, 2.75) is 25.5 Å². The van der Waals surface area contributed by atoms with Crippen molar-refractivity contribution >= 4 is 6.21 Å². The molecule has 0 bridgehead atoms. The van der Waals surface area contributed by atoms with Crippen molar-refractivity contribution in [3.63, 3.8) is 0 Å². The third-order valence-corrected chi connectivity index (χ3v) is 3.69. The standard InChI is InChI=1S/C18H20N2O/c1-14-3-2-4-15(9-14)5-6-16-10-18(12-19-11-16)21-13-17-7-8-20-17/h2-4,9-11,17-18,20H,7-8,12-13H2,1H3. The number of rotatable bonds is 3. The van der Waals surface area contributed by atoms with Crippen molar-refractivity contribution in [2.75, 3.05) is 19.7 Å². The fraction of sp³-hybridized carbons (Fsp3) is 0.389. The number of nitrogens with zero attached hydrogens (tertiary/aromatic N) is 1. The van der Waals surface area contributed by atoms with Crippen molar-refractivity contribution in [1.82, 2.24) is 5.32 Å². The Morgan fingerprint density at radius 3 is 3.05 bits per heavy atom. The van der Waals surface area contributed by atoms with Crippen LogP contribution in [0.1, 0.15) is 17.5 Å². The van der Waals surface area contributed by atoms with E-state index in [2.05, 4.69) is 47.3 Å². The van der Waals surface area contributed by atoms with Crippen LogP contribution in [0.15, 0.2) is 40.9 Å². The Bertz CT molecular complexity index is 618. The maximum Gasteiger partial charge on any atom is 0.0967 e. The Morgan fingerprint density at radius 1 is 1.38 bits per heavy atom. The summed E-state index contributed by atoms with van der Waals surface area (Å²) in [6.07, 6.45) is 5.18. The first-order chi connectivity index (χ1) is 10.3. The topological polar surface area (TPSA) is 33.6 Å². The van der Waals surface area contributed by atoms with Gasteiger partial charge >= 0.3 is 0 Å². The van der Waals surface area contributed by atoms with E-state index in [0.29, 0.717) is 12.6 Å². The SMILES string of the molecule is Cc1cccc(C#CC2=CC(OCC3CCN3)CN=C2)c1. The lowest BCUT2D eigenvalue weighted by atomic mass is 10.1. The van der Waals surface area contributed by atoms with Crippen molar-refractivity contribution in [1.29, 1.82) is 0 Å². The molecule has 2 aliphatic heterocycles. The number of hydrogen-bond donors (Lipinski definition) is 1. The minimum absolute atomic E-state index is 0.0548. The number of dihydropyridines is 1. The van der Waals surface area contributed by atoms with Gasteiger partial charge in [0.05, 0.1) is 19.3 Å². The molecule has 3 rings (SSSR count). The molecule has 1 aromatic rings. The molecule has 0 saturated carbocycles. The highest BCUT2D eigenvalue weighted by Gasteiger charge is 2.18. The molecule has 0 amide bonds. The molecule has 0 aliphatic carbocycles. The molecule has 2 heterocycles. The first-order valence-corrected chi connectivity index (χ1v) is 7.45. The van der Waals surface area contributed by atoms with Crippen molar-refractivity contribution in [2.24, 2.45) is 4.99 Å². The second-order valence-electron chi connectivity index (χ2n) is 5.55. The van der Waals surface area contributed by atoms with Crippen LogP contribution in [0.5, 0.6) is 0 Å². The normalized spacial score (nSPS) is 23.8. The van der Waals surface area contributed by atoms with Crippen LogP contribution in [0.3, 0.4) is 0 Å². The van der Waals surface area contributed by atoms with E-state index in [0.717, 1.165) is 24.3 Å². The number of aryl methyl sites for hydroxylation is 1. The average Bonchev–Trinajstić information content (AvgIpc) is 2.44. The van der Waals surface area contributed by atoms with Gasteiger partial charge in [0.1, 0.15) is 0 Å². The van der Waals surface area contributed by atoms with Crippen LogP contribution in [0.2, 0.25) is 0 Å². The predicted molar refractivity (Wildman–Crippen MR) is 85.6 cm³/mol. The van der Waals surface area contributed by atoms with Gasteiger partial charge in [0.2, 0.25) is 0 Å². The van der Waals surface area contributed by atoms with Gasteiger partial charge in [-0.05, 0) is 43.7 Å². The first-order valence-electron chi connectivity index (χ1n) is 7.45. The van der Waals surface area contributed by atoms with Crippen LogP contribution in [-0.4, -0.2) is 38.1 Å². The molecular formula is C18H20N2O. The second-order valence-corrected chi connectivity index (χ2v) is 5.55. The number of nitrogens with one attached hydrogen (secondary N) is 1. The van der Waals surface area contributed by atoms with Gasteiger partial charge < -0.3 is 10.1 Å². The molecule has 1 saturated heterocycles. The fourth-order valence-electron chi connectivity index (χ4n) is 2.32. The summed E-state index contributed by atoms with van der Waals surface area (Å²) in [7, 11) is 0. The molecule has 0 radical (unpaired) electrons. The molecule has 1 fully saturated rings. The molecule has 108 valence electrons. The predicted octanol–water partition coefficient (Wildman–Crippen LogP) is 2.10. The quantitative estimate of drug-likeness (QED) is 0.860. The maximum absolute atomic E-state index is 5.87. The number of benzene rings is 1. The Labute approximate surface area is 126 Å². The largest absolute Gasteiger partial charge is 0.371 e. The zero-order chi connectivity index (χ0) is 14.5. The molecule has 1 aromatic carbocycles. The lowest BCUT2D eigenvalue weighted by Crippen LogP contribution is -2.46. The zero-order valence-corrected chi connectivity index (χ0v) is 12.3. The molecule has 2 unspecified atom stereocenters. The highest BCUT2D eigenvalue weighted by Crippen LogP contribution is 2.09. The Morgan fingerprint density at radius 2 is 2.29 bits per heavy atom. The van der Waals surface area contributed by atoms with Crippen molar-refractivity contribution < 1.29 is 4.74 Å². The number of allylic oxidation sites excluding steroid dienone is 1. The summed E-state index contributed by atoms with van der Waals surface area (Å²) in [5.74, 6) is 6.36. The van der Waals surface area contributed by atoms with Gasteiger partial charge in [0.25, 0.3) is 0 Å². The van der Waals surface area contributed by atoms with Gasteiger partial charge in [-0.15, -0.1) is 0 Å². The van der Waals surface area contributed by atoms with Gasteiger partial charge in [-0.3, -0.25) is 4.99 Å². The maximum atomic E-state index is 5.87. The first kappa shape index (κ1) is 14.1. The highest BCUT2D eigenvalue weighted by atomic mass is 16.5. The number of ether oxygens (including phenoxy) is 1. The summed E-state index contributed by atoms with van der Waals surface area (Å²) in [6, 6.07) is 8.73. The van der Waals surface area contributed by atoms with E-state index >= 15 is 0 Å². The lowest BCUT2D eigenvalue weighted by Gasteiger charge is -2.28. The second kappa shape index (κ2) is 6.71. The molecular weight excluding hydrogens is 260 g/mol. The summed E-state index contributed by atoms with van der Waals surface area (Å²) in [6.45, 7) is 4.64. The minimum Gasteiger partial charge on any atom is -0.371 e. The van der Waals surface area contributed by atoms with Gasteiger partial charge in [-0.1, -0.05) is 24.0 Å². The molecule has 2 atom stereocenters. The summed E-state index contributed by atoms with van der Waals surface area (Å²) in [4.78, 5) is 4.35. The smallest absolute Gasteiger partial charge is 0.0967 e. The van der Waals surface area contributed by atoms with Crippen LogP contribution in [-0.2, 0) is 4.74 Å². The molecule has 3 heteroatoms. The van der Waals surface area contributed by atoms with Crippen LogP contribution < -0.4 is 5.32 Å². The van der Waals surface area contributed by atoms with E-state index in [9.17, 15) is 0 Å². The molecule has 2 aliphatic rings. The Balaban J connectivity index is 1.61. The minimum atomic E-state index is 0.0548. The van der Waals surface area contributed by atoms with E-state index in [1.54, 1.807) is 0 Å². The molecule has 0 spiro atoms. The average molecular weight is 280 g/mol. The van der Waals surface area contributed by atoms with E-state index in [-0.39, 0.29) is 6.10 Å². The van der Waals surface area contributed by atoms with Crippen molar-refractivity contribution in [3.8, 4) is 11.8 Å².